The first kappa shape index (κ1) is 12.2. The van der Waals surface area contributed by atoms with Gasteiger partial charge in [-0.2, -0.15) is 10.2 Å². The van der Waals surface area contributed by atoms with Crippen LogP contribution in [0.5, 0.6) is 0 Å². The van der Waals surface area contributed by atoms with Gasteiger partial charge in [0.2, 0.25) is 0 Å². The standard InChI is InChI=1S/C13H20N6/c1-18-9-11(8-17-18)2-4-14-6-12-7-15-13-3-5-16-19(13)10-12/h3,5,8-9,12,14-15H,2,4,6-7,10H2,1H3/t12-/m1/s1. The van der Waals surface area contributed by atoms with Crippen molar-refractivity contribution < 1.29 is 0 Å². The molecule has 0 fully saturated rings. The fraction of sp³-hybridized carbons (Fsp3) is 0.538. The summed E-state index contributed by atoms with van der Waals surface area (Å²) in [5.74, 6) is 1.73. The molecule has 0 aromatic carbocycles. The summed E-state index contributed by atoms with van der Waals surface area (Å²) in [6.07, 6.45) is 6.88. The molecule has 0 aliphatic carbocycles. The third-order valence-electron chi connectivity index (χ3n) is 3.50. The van der Waals surface area contributed by atoms with E-state index in [2.05, 4.69) is 27.0 Å². The number of aryl methyl sites for hydroxylation is 1. The second kappa shape index (κ2) is 5.44. The Kier molecular flexibility index (Phi) is 3.50. The van der Waals surface area contributed by atoms with Crippen LogP contribution in [0.25, 0.3) is 0 Å². The van der Waals surface area contributed by atoms with Gasteiger partial charge in [-0.05, 0) is 18.5 Å². The number of rotatable bonds is 5. The second-order valence-electron chi connectivity index (χ2n) is 5.12. The van der Waals surface area contributed by atoms with E-state index < -0.39 is 0 Å². The molecule has 0 amide bonds. The first-order valence-electron chi connectivity index (χ1n) is 6.75. The van der Waals surface area contributed by atoms with Gasteiger partial charge in [-0.25, -0.2) is 4.68 Å². The molecule has 0 radical (unpaired) electrons. The Morgan fingerprint density at radius 1 is 1.47 bits per heavy atom. The molecule has 3 rings (SSSR count). The number of hydrogen-bond acceptors (Lipinski definition) is 4. The Hall–Kier alpha value is -1.82. The highest BCUT2D eigenvalue weighted by molar-refractivity contribution is 5.35. The largest absolute Gasteiger partial charge is 0.370 e. The number of fused-ring (bicyclic) bond motifs is 1. The molecular formula is C13H20N6. The molecule has 0 saturated heterocycles. The zero-order chi connectivity index (χ0) is 13.1. The highest BCUT2D eigenvalue weighted by Crippen LogP contribution is 2.15. The SMILES string of the molecule is Cn1cc(CCNC[C@@H]2CNc3ccnn3C2)cn1. The molecule has 2 aromatic heterocycles. The number of nitrogens with zero attached hydrogens (tertiary/aromatic N) is 4. The summed E-state index contributed by atoms with van der Waals surface area (Å²) in [6, 6.07) is 2.02. The van der Waals surface area contributed by atoms with E-state index in [1.807, 2.05) is 34.9 Å². The lowest BCUT2D eigenvalue weighted by Gasteiger charge is -2.25. The van der Waals surface area contributed by atoms with Gasteiger partial charge in [-0.15, -0.1) is 0 Å². The summed E-state index contributed by atoms with van der Waals surface area (Å²) < 4.78 is 3.89. The predicted octanol–water partition coefficient (Wildman–Crippen LogP) is 0.491. The molecule has 102 valence electrons. The zero-order valence-corrected chi connectivity index (χ0v) is 11.2. The minimum atomic E-state index is 0.598. The van der Waals surface area contributed by atoms with Crippen molar-refractivity contribution in [3.63, 3.8) is 0 Å². The van der Waals surface area contributed by atoms with Crippen LogP contribution in [-0.4, -0.2) is 39.2 Å². The summed E-state index contributed by atoms with van der Waals surface area (Å²) in [5.41, 5.74) is 1.28. The number of anilines is 1. The van der Waals surface area contributed by atoms with E-state index in [0.717, 1.165) is 38.4 Å². The van der Waals surface area contributed by atoms with Gasteiger partial charge in [0, 0.05) is 44.9 Å². The number of nitrogens with one attached hydrogen (secondary N) is 2. The van der Waals surface area contributed by atoms with Crippen LogP contribution in [0.4, 0.5) is 5.82 Å². The van der Waals surface area contributed by atoms with Crippen LogP contribution in [0.15, 0.2) is 24.7 Å². The van der Waals surface area contributed by atoms with Crippen molar-refractivity contribution in [2.24, 2.45) is 13.0 Å². The highest BCUT2D eigenvalue weighted by Gasteiger charge is 2.17. The number of aromatic nitrogens is 4. The van der Waals surface area contributed by atoms with E-state index in [1.165, 1.54) is 5.56 Å². The van der Waals surface area contributed by atoms with E-state index in [4.69, 9.17) is 0 Å². The van der Waals surface area contributed by atoms with Crippen LogP contribution >= 0.6 is 0 Å². The van der Waals surface area contributed by atoms with Crippen molar-refractivity contribution in [3.8, 4) is 0 Å². The summed E-state index contributed by atoms with van der Waals surface area (Å²) in [7, 11) is 1.95. The normalized spacial score (nSPS) is 18.1. The smallest absolute Gasteiger partial charge is 0.124 e. The fourth-order valence-corrected chi connectivity index (χ4v) is 2.46. The summed E-state index contributed by atoms with van der Waals surface area (Å²) in [4.78, 5) is 0. The monoisotopic (exact) mass is 260 g/mol. The van der Waals surface area contributed by atoms with Gasteiger partial charge in [-0.3, -0.25) is 4.68 Å². The minimum Gasteiger partial charge on any atom is -0.370 e. The topological polar surface area (TPSA) is 59.7 Å². The molecule has 6 nitrogen and oxygen atoms in total. The maximum absolute atomic E-state index is 4.30. The maximum atomic E-state index is 4.30. The number of hydrogen-bond donors (Lipinski definition) is 2. The van der Waals surface area contributed by atoms with Gasteiger partial charge in [0.05, 0.1) is 12.4 Å². The van der Waals surface area contributed by atoms with Crippen LogP contribution in [0.3, 0.4) is 0 Å². The lowest BCUT2D eigenvalue weighted by atomic mass is 10.1. The fourth-order valence-electron chi connectivity index (χ4n) is 2.46. The average molecular weight is 260 g/mol. The van der Waals surface area contributed by atoms with Crippen LogP contribution in [0.2, 0.25) is 0 Å². The molecule has 0 saturated carbocycles. The molecule has 1 atom stereocenters. The van der Waals surface area contributed by atoms with Crippen molar-refractivity contribution in [2.75, 3.05) is 25.0 Å². The third kappa shape index (κ3) is 2.96. The van der Waals surface area contributed by atoms with Crippen LogP contribution in [0.1, 0.15) is 5.56 Å². The molecule has 0 spiro atoms. The van der Waals surface area contributed by atoms with E-state index in [0.29, 0.717) is 5.92 Å². The summed E-state index contributed by atoms with van der Waals surface area (Å²) in [6.45, 7) is 4.03. The highest BCUT2D eigenvalue weighted by atomic mass is 15.3. The van der Waals surface area contributed by atoms with Gasteiger partial charge >= 0.3 is 0 Å². The Morgan fingerprint density at radius 2 is 2.42 bits per heavy atom. The summed E-state index contributed by atoms with van der Waals surface area (Å²) >= 11 is 0. The zero-order valence-electron chi connectivity index (χ0n) is 11.2. The Morgan fingerprint density at radius 3 is 3.26 bits per heavy atom. The Balaban J connectivity index is 1.39. The first-order chi connectivity index (χ1) is 9.31. The lowest BCUT2D eigenvalue weighted by molar-refractivity contribution is 0.393. The van der Waals surface area contributed by atoms with Gasteiger partial charge < -0.3 is 10.6 Å². The minimum absolute atomic E-state index is 0.598. The first-order valence-corrected chi connectivity index (χ1v) is 6.75. The molecule has 1 aliphatic rings. The van der Waals surface area contributed by atoms with E-state index in [-0.39, 0.29) is 0 Å². The van der Waals surface area contributed by atoms with E-state index in [1.54, 1.807) is 0 Å². The summed E-state index contributed by atoms with van der Waals surface area (Å²) in [5, 5.41) is 15.4. The molecule has 0 bridgehead atoms. The van der Waals surface area contributed by atoms with Crippen molar-refractivity contribution in [1.82, 2.24) is 24.9 Å². The molecule has 19 heavy (non-hydrogen) atoms. The van der Waals surface area contributed by atoms with Crippen LogP contribution < -0.4 is 10.6 Å². The lowest BCUT2D eigenvalue weighted by Crippen LogP contribution is -2.35. The van der Waals surface area contributed by atoms with Gasteiger partial charge in [-0.1, -0.05) is 0 Å². The van der Waals surface area contributed by atoms with Crippen LogP contribution in [-0.2, 0) is 20.0 Å². The van der Waals surface area contributed by atoms with Crippen molar-refractivity contribution in [2.45, 2.75) is 13.0 Å². The van der Waals surface area contributed by atoms with Crippen LogP contribution in [0, 0.1) is 5.92 Å². The molecule has 3 heterocycles. The quantitative estimate of drug-likeness (QED) is 0.768. The Bertz CT molecular complexity index is 529. The van der Waals surface area contributed by atoms with Gasteiger partial charge in [0.25, 0.3) is 0 Å². The van der Waals surface area contributed by atoms with Crippen molar-refractivity contribution in [1.29, 1.82) is 0 Å². The molecule has 2 N–H and O–H groups in total. The van der Waals surface area contributed by atoms with Crippen molar-refractivity contribution >= 4 is 5.82 Å². The van der Waals surface area contributed by atoms with Crippen molar-refractivity contribution in [3.05, 3.63) is 30.2 Å². The average Bonchev–Trinajstić information content (AvgIpc) is 3.03. The van der Waals surface area contributed by atoms with Gasteiger partial charge in [0.1, 0.15) is 5.82 Å². The second-order valence-corrected chi connectivity index (χ2v) is 5.12. The molecule has 2 aromatic rings. The Labute approximate surface area is 112 Å². The van der Waals surface area contributed by atoms with E-state index >= 15 is 0 Å². The molecule has 0 unspecified atom stereocenters. The molecule has 6 heteroatoms. The molecular weight excluding hydrogens is 240 g/mol. The predicted molar refractivity (Wildman–Crippen MR) is 74.0 cm³/mol. The third-order valence-corrected chi connectivity index (χ3v) is 3.50. The maximum Gasteiger partial charge on any atom is 0.124 e. The molecule has 1 aliphatic heterocycles. The van der Waals surface area contributed by atoms with E-state index in [9.17, 15) is 0 Å². The van der Waals surface area contributed by atoms with Gasteiger partial charge in [0.15, 0.2) is 0 Å².